The zero-order valence-corrected chi connectivity index (χ0v) is 16.2. The van der Waals surface area contributed by atoms with Crippen LogP contribution in [0, 0.1) is 6.92 Å². The van der Waals surface area contributed by atoms with Gasteiger partial charge in [0.2, 0.25) is 0 Å². The Morgan fingerprint density at radius 2 is 1.85 bits per heavy atom. The Morgan fingerprint density at radius 1 is 1.04 bits per heavy atom. The van der Waals surface area contributed by atoms with E-state index in [0.29, 0.717) is 0 Å². The standard InChI is InChI=1S/C20H27N7/c1-15-13-19-20(21-7-8-27(19)22-15)26-11-9-25(10-12-26)14-17-16-5-3-4-6-18(16)24(2)23-17/h7-8,13H,3-6,9-12,14H2,1-2H3. The molecule has 1 fully saturated rings. The molecule has 27 heavy (non-hydrogen) atoms. The first-order chi connectivity index (χ1) is 13.2. The van der Waals surface area contributed by atoms with Crippen LogP contribution in [0.3, 0.4) is 0 Å². The average molecular weight is 365 g/mol. The predicted octanol–water partition coefficient (Wildman–Crippen LogP) is 1.97. The fraction of sp³-hybridized carbons (Fsp3) is 0.550. The third-order valence-corrected chi connectivity index (χ3v) is 5.99. The van der Waals surface area contributed by atoms with Crippen molar-refractivity contribution in [2.24, 2.45) is 7.05 Å². The summed E-state index contributed by atoms with van der Waals surface area (Å²) in [6.07, 6.45) is 8.77. The molecule has 3 aromatic heterocycles. The van der Waals surface area contributed by atoms with Gasteiger partial charge in [-0.05, 0) is 44.2 Å². The first-order valence-corrected chi connectivity index (χ1v) is 10.0. The largest absolute Gasteiger partial charge is 0.352 e. The number of hydrogen-bond acceptors (Lipinski definition) is 5. The van der Waals surface area contributed by atoms with Gasteiger partial charge < -0.3 is 4.90 Å². The molecule has 142 valence electrons. The Bertz CT molecular complexity index is 962. The molecular formula is C20H27N7. The molecule has 0 bridgehead atoms. The maximum absolute atomic E-state index is 4.84. The van der Waals surface area contributed by atoms with Crippen molar-refractivity contribution in [2.45, 2.75) is 39.2 Å². The maximum atomic E-state index is 4.84. The molecule has 0 spiro atoms. The van der Waals surface area contributed by atoms with Crippen molar-refractivity contribution < 1.29 is 0 Å². The summed E-state index contributed by atoms with van der Waals surface area (Å²) >= 11 is 0. The predicted molar refractivity (Wildman–Crippen MR) is 105 cm³/mol. The topological polar surface area (TPSA) is 54.5 Å². The highest BCUT2D eigenvalue weighted by atomic mass is 15.3. The molecule has 1 saturated heterocycles. The molecular weight excluding hydrogens is 338 g/mol. The van der Waals surface area contributed by atoms with Gasteiger partial charge in [-0.3, -0.25) is 9.58 Å². The van der Waals surface area contributed by atoms with E-state index in [1.807, 2.05) is 23.8 Å². The van der Waals surface area contributed by atoms with Crippen LogP contribution in [-0.4, -0.2) is 55.5 Å². The molecule has 7 nitrogen and oxygen atoms in total. The van der Waals surface area contributed by atoms with E-state index < -0.39 is 0 Å². The van der Waals surface area contributed by atoms with Crippen molar-refractivity contribution in [3.63, 3.8) is 0 Å². The Labute approximate surface area is 159 Å². The normalized spacial score (nSPS) is 18.2. The van der Waals surface area contributed by atoms with Gasteiger partial charge >= 0.3 is 0 Å². The van der Waals surface area contributed by atoms with Crippen LogP contribution < -0.4 is 4.90 Å². The molecule has 1 aliphatic heterocycles. The first kappa shape index (κ1) is 16.7. The van der Waals surface area contributed by atoms with E-state index in [2.05, 4.69) is 37.7 Å². The van der Waals surface area contributed by atoms with Crippen LogP contribution in [0.25, 0.3) is 5.52 Å². The van der Waals surface area contributed by atoms with Crippen molar-refractivity contribution in [3.8, 4) is 0 Å². The van der Waals surface area contributed by atoms with Crippen molar-refractivity contribution in [1.82, 2.24) is 29.3 Å². The van der Waals surface area contributed by atoms with Gasteiger partial charge in [-0.15, -0.1) is 0 Å². The second-order valence-corrected chi connectivity index (χ2v) is 7.83. The number of nitrogens with zero attached hydrogens (tertiary/aromatic N) is 7. The molecule has 1 aliphatic carbocycles. The SMILES string of the molecule is Cc1cc2c(N3CCN(Cc4nn(C)c5c4CCCC5)CC3)nccn2n1. The number of piperazine rings is 1. The average Bonchev–Trinajstić information content (AvgIpc) is 3.22. The third-order valence-electron chi connectivity index (χ3n) is 5.99. The van der Waals surface area contributed by atoms with E-state index in [0.717, 1.165) is 49.8 Å². The Kier molecular flexibility index (Phi) is 4.11. The van der Waals surface area contributed by atoms with E-state index in [9.17, 15) is 0 Å². The summed E-state index contributed by atoms with van der Waals surface area (Å²) in [6, 6.07) is 2.12. The summed E-state index contributed by atoms with van der Waals surface area (Å²) in [4.78, 5) is 9.57. The van der Waals surface area contributed by atoms with Crippen LogP contribution in [0.1, 0.15) is 35.5 Å². The summed E-state index contributed by atoms with van der Waals surface area (Å²) < 4.78 is 4.05. The summed E-state index contributed by atoms with van der Waals surface area (Å²) in [5.74, 6) is 1.05. The summed E-state index contributed by atoms with van der Waals surface area (Å²) in [5.41, 5.74) is 6.41. The number of aryl methyl sites for hydroxylation is 2. The lowest BCUT2D eigenvalue weighted by Crippen LogP contribution is -2.46. The summed E-state index contributed by atoms with van der Waals surface area (Å²) in [5, 5.41) is 9.36. The van der Waals surface area contributed by atoms with E-state index in [1.54, 1.807) is 0 Å². The molecule has 0 aromatic carbocycles. The molecule has 0 radical (unpaired) electrons. The lowest BCUT2D eigenvalue weighted by atomic mass is 9.95. The molecule has 0 saturated carbocycles. The van der Waals surface area contributed by atoms with Gasteiger partial charge in [-0.2, -0.15) is 10.2 Å². The van der Waals surface area contributed by atoms with Crippen molar-refractivity contribution in [2.75, 3.05) is 31.1 Å². The quantitative estimate of drug-likeness (QED) is 0.710. The van der Waals surface area contributed by atoms with Gasteiger partial charge in [-0.1, -0.05) is 0 Å². The molecule has 3 aromatic rings. The van der Waals surface area contributed by atoms with Gasteiger partial charge in [0.1, 0.15) is 5.52 Å². The second kappa shape index (κ2) is 6.64. The van der Waals surface area contributed by atoms with E-state index in [-0.39, 0.29) is 0 Å². The van der Waals surface area contributed by atoms with Crippen molar-refractivity contribution >= 4 is 11.3 Å². The van der Waals surface area contributed by atoms with Crippen LogP contribution in [0.2, 0.25) is 0 Å². The van der Waals surface area contributed by atoms with Gasteiger partial charge in [-0.25, -0.2) is 9.50 Å². The van der Waals surface area contributed by atoms with E-state index in [1.165, 1.54) is 42.6 Å². The van der Waals surface area contributed by atoms with Gasteiger partial charge in [0.25, 0.3) is 0 Å². The minimum Gasteiger partial charge on any atom is -0.352 e. The number of rotatable bonds is 3. The molecule has 4 heterocycles. The van der Waals surface area contributed by atoms with Crippen LogP contribution >= 0.6 is 0 Å². The Morgan fingerprint density at radius 3 is 2.70 bits per heavy atom. The molecule has 2 aliphatic rings. The molecule has 0 amide bonds. The minimum atomic E-state index is 0.973. The maximum Gasteiger partial charge on any atom is 0.154 e. The van der Waals surface area contributed by atoms with Crippen LogP contribution in [0.4, 0.5) is 5.82 Å². The van der Waals surface area contributed by atoms with Gasteiger partial charge in [0.05, 0.1) is 11.4 Å². The second-order valence-electron chi connectivity index (χ2n) is 7.83. The van der Waals surface area contributed by atoms with Crippen molar-refractivity contribution in [1.29, 1.82) is 0 Å². The monoisotopic (exact) mass is 365 g/mol. The third kappa shape index (κ3) is 3.00. The number of hydrogen-bond donors (Lipinski definition) is 0. The summed E-state index contributed by atoms with van der Waals surface area (Å²) in [7, 11) is 2.10. The number of anilines is 1. The molecule has 0 unspecified atom stereocenters. The number of fused-ring (bicyclic) bond motifs is 2. The molecule has 0 atom stereocenters. The highest BCUT2D eigenvalue weighted by Gasteiger charge is 2.24. The van der Waals surface area contributed by atoms with Crippen LogP contribution in [0.15, 0.2) is 18.5 Å². The van der Waals surface area contributed by atoms with Crippen LogP contribution in [0.5, 0.6) is 0 Å². The van der Waals surface area contributed by atoms with Crippen molar-refractivity contribution in [3.05, 3.63) is 41.1 Å². The zero-order valence-electron chi connectivity index (χ0n) is 16.2. The van der Waals surface area contributed by atoms with E-state index >= 15 is 0 Å². The Hall–Kier alpha value is -2.41. The Balaban J connectivity index is 1.29. The lowest BCUT2D eigenvalue weighted by molar-refractivity contribution is 0.245. The number of aromatic nitrogens is 5. The molecule has 7 heteroatoms. The molecule has 0 N–H and O–H groups in total. The van der Waals surface area contributed by atoms with Gasteiger partial charge in [0, 0.05) is 57.9 Å². The fourth-order valence-corrected chi connectivity index (χ4v) is 4.59. The summed E-state index contributed by atoms with van der Waals surface area (Å²) in [6.45, 7) is 7.07. The highest BCUT2D eigenvalue weighted by molar-refractivity contribution is 5.69. The molecule has 5 rings (SSSR count). The lowest BCUT2D eigenvalue weighted by Gasteiger charge is -2.35. The van der Waals surface area contributed by atoms with Crippen LogP contribution in [-0.2, 0) is 26.4 Å². The minimum absolute atomic E-state index is 0.973. The smallest absolute Gasteiger partial charge is 0.154 e. The van der Waals surface area contributed by atoms with Gasteiger partial charge in [0.15, 0.2) is 5.82 Å². The van der Waals surface area contributed by atoms with E-state index in [4.69, 9.17) is 5.10 Å². The fourth-order valence-electron chi connectivity index (χ4n) is 4.59. The highest BCUT2D eigenvalue weighted by Crippen LogP contribution is 2.26. The first-order valence-electron chi connectivity index (χ1n) is 10.0. The zero-order chi connectivity index (χ0) is 18.4.